The van der Waals surface area contributed by atoms with E-state index in [9.17, 15) is 4.79 Å². The zero-order valence-electron chi connectivity index (χ0n) is 11.3. The zero-order chi connectivity index (χ0) is 13.4. The second-order valence-corrected chi connectivity index (χ2v) is 5.96. The van der Waals surface area contributed by atoms with E-state index in [-0.39, 0.29) is 5.56 Å². The highest BCUT2D eigenvalue weighted by atomic mass is 16.4. The summed E-state index contributed by atoms with van der Waals surface area (Å²) in [5, 5.41) is 12.4. The van der Waals surface area contributed by atoms with Crippen molar-refractivity contribution in [1.29, 1.82) is 0 Å². The van der Waals surface area contributed by atoms with Crippen molar-refractivity contribution in [3.63, 3.8) is 0 Å². The fourth-order valence-corrected chi connectivity index (χ4v) is 2.97. The number of carbonyl (C=O) groups is 1. The number of aryl methyl sites for hydroxylation is 1. The van der Waals surface area contributed by atoms with Crippen LogP contribution >= 0.6 is 0 Å². The molecule has 1 aromatic heterocycles. The van der Waals surface area contributed by atoms with Gasteiger partial charge in [-0.1, -0.05) is 0 Å². The van der Waals surface area contributed by atoms with Crippen molar-refractivity contribution in [2.45, 2.75) is 39.2 Å². The monoisotopic (exact) mass is 263 g/mol. The van der Waals surface area contributed by atoms with E-state index in [4.69, 9.17) is 9.52 Å². The van der Waals surface area contributed by atoms with Crippen LogP contribution in [-0.4, -0.2) is 17.6 Å². The van der Waals surface area contributed by atoms with E-state index in [2.05, 4.69) is 5.32 Å². The minimum Gasteiger partial charge on any atom is -0.478 e. The molecule has 1 aromatic rings. The Hall–Kier alpha value is -1.29. The van der Waals surface area contributed by atoms with Crippen LogP contribution in [0.3, 0.4) is 0 Å². The van der Waals surface area contributed by atoms with Crippen LogP contribution in [-0.2, 0) is 6.54 Å². The maximum absolute atomic E-state index is 10.9. The summed E-state index contributed by atoms with van der Waals surface area (Å²) in [4.78, 5) is 10.9. The molecule has 2 saturated carbocycles. The Morgan fingerprint density at radius 3 is 2.53 bits per heavy atom. The highest BCUT2D eigenvalue weighted by molar-refractivity contribution is 5.88. The van der Waals surface area contributed by atoms with Gasteiger partial charge in [0.05, 0.1) is 6.54 Å². The van der Waals surface area contributed by atoms with Crippen LogP contribution in [0.2, 0.25) is 0 Å². The summed E-state index contributed by atoms with van der Waals surface area (Å²) in [6.07, 6.45) is 5.58. The number of nitrogens with one attached hydrogen (secondary N) is 1. The predicted octanol–water partition coefficient (Wildman–Crippen LogP) is 2.81. The second-order valence-electron chi connectivity index (χ2n) is 5.96. The first-order chi connectivity index (χ1) is 9.15. The van der Waals surface area contributed by atoms with E-state index in [0.717, 1.165) is 30.1 Å². The Bertz CT molecular complexity index is 460. The van der Waals surface area contributed by atoms with Gasteiger partial charge in [-0.25, -0.2) is 4.79 Å². The molecule has 0 radical (unpaired) electrons. The molecule has 104 valence electrons. The average molecular weight is 263 g/mol. The van der Waals surface area contributed by atoms with Crippen molar-refractivity contribution in [3.05, 3.63) is 23.2 Å². The van der Waals surface area contributed by atoms with Crippen LogP contribution in [0.25, 0.3) is 0 Å². The number of rotatable bonds is 7. The van der Waals surface area contributed by atoms with E-state index in [1.54, 1.807) is 13.0 Å². The molecule has 1 heterocycles. The lowest BCUT2D eigenvalue weighted by atomic mass is 9.98. The molecule has 0 saturated heterocycles. The summed E-state index contributed by atoms with van der Waals surface area (Å²) in [5.41, 5.74) is 0.276. The Balaban J connectivity index is 1.51. The Labute approximate surface area is 113 Å². The molecular weight excluding hydrogens is 242 g/mol. The van der Waals surface area contributed by atoms with Crippen molar-refractivity contribution < 1.29 is 14.3 Å². The highest BCUT2D eigenvalue weighted by Gasteiger charge is 2.40. The predicted molar refractivity (Wildman–Crippen MR) is 71.0 cm³/mol. The van der Waals surface area contributed by atoms with Gasteiger partial charge in [0.1, 0.15) is 17.1 Å². The molecule has 2 aliphatic rings. The van der Waals surface area contributed by atoms with Gasteiger partial charge in [-0.2, -0.15) is 0 Å². The standard InChI is InChI=1S/C15H21NO3/c1-9-13(15(17)18)6-12(19-9)7-16-8-14(10-2-3-10)11-4-5-11/h6,10-11,14,16H,2-5,7-8H2,1H3,(H,17,18). The fourth-order valence-electron chi connectivity index (χ4n) is 2.97. The average Bonchev–Trinajstić information content (AvgIpc) is 3.24. The first kappa shape index (κ1) is 12.7. The van der Waals surface area contributed by atoms with Crippen LogP contribution in [0.1, 0.15) is 47.6 Å². The third-order valence-corrected chi connectivity index (χ3v) is 4.33. The largest absolute Gasteiger partial charge is 0.478 e. The normalized spacial score (nSPS) is 19.1. The molecule has 3 rings (SSSR count). The number of aromatic carboxylic acids is 1. The summed E-state index contributed by atoms with van der Waals surface area (Å²) in [6, 6.07) is 1.63. The van der Waals surface area contributed by atoms with Crippen LogP contribution in [0.4, 0.5) is 0 Å². The molecule has 0 spiro atoms. The van der Waals surface area contributed by atoms with E-state index in [1.165, 1.54) is 25.7 Å². The molecule has 0 aliphatic heterocycles. The van der Waals surface area contributed by atoms with Gasteiger partial charge in [0.25, 0.3) is 0 Å². The van der Waals surface area contributed by atoms with E-state index < -0.39 is 5.97 Å². The number of hydrogen-bond donors (Lipinski definition) is 2. The maximum Gasteiger partial charge on any atom is 0.339 e. The Kier molecular flexibility index (Phi) is 3.35. The van der Waals surface area contributed by atoms with Gasteiger partial charge < -0.3 is 14.8 Å². The molecule has 0 amide bonds. The Morgan fingerprint density at radius 1 is 1.42 bits per heavy atom. The van der Waals surface area contributed by atoms with Gasteiger partial charge >= 0.3 is 5.97 Å². The highest BCUT2D eigenvalue weighted by Crippen LogP contribution is 2.48. The van der Waals surface area contributed by atoms with Gasteiger partial charge in [0, 0.05) is 0 Å². The first-order valence-corrected chi connectivity index (χ1v) is 7.18. The summed E-state index contributed by atoms with van der Waals surface area (Å²) in [5.74, 6) is 3.00. The summed E-state index contributed by atoms with van der Waals surface area (Å²) in [6.45, 7) is 3.37. The number of furan rings is 1. The van der Waals surface area contributed by atoms with Gasteiger partial charge in [0.15, 0.2) is 0 Å². The van der Waals surface area contributed by atoms with E-state index in [0.29, 0.717) is 12.3 Å². The maximum atomic E-state index is 10.9. The summed E-state index contributed by atoms with van der Waals surface area (Å²) < 4.78 is 5.47. The summed E-state index contributed by atoms with van der Waals surface area (Å²) in [7, 11) is 0. The molecule has 19 heavy (non-hydrogen) atoms. The van der Waals surface area contributed by atoms with Gasteiger partial charge in [0.2, 0.25) is 0 Å². The topological polar surface area (TPSA) is 62.5 Å². The molecular formula is C15H21NO3. The van der Waals surface area contributed by atoms with E-state index >= 15 is 0 Å². The summed E-state index contributed by atoms with van der Waals surface area (Å²) >= 11 is 0. The smallest absolute Gasteiger partial charge is 0.339 e. The molecule has 2 N–H and O–H groups in total. The lowest BCUT2D eigenvalue weighted by molar-refractivity contribution is 0.0695. The SMILES string of the molecule is Cc1oc(CNCC(C2CC2)C2CC2)cc1C(=O)O. The number of carboxylic acids is 1. The minimum atomic E-state index is -0.915. The van der Waals surface area contributed by atoms with Crippen LogP contribution < -0.4 is 5.32 Å². The number of hydrogen-bond acceptors (Lipinski definition) is 3. The van der Waals surface area contributed by atoms with Crippen molar-refractivity contribution in [2.24, 2.45) is 17.8 Å². The van der Waals surface area contributed by atoms with E-state index in [1.807, 2.05) is 0 Å². The van der Waals surface area contributed by atoms with Crippen molar-refractivity contribution in [2.75, 3.05) is 6.54 Å². The van der Waals surface area contributed by atoms with Crippen LogP contribution in [0.15, 0.2) is 10.5 Å². The zero-order valence-corrected chi connectivity index (χ0v) is 11.3. The molecule has 4 heteroatoms. The first-order valence-electron chi connectivity index (χ1n) is 7.18. The molecule has 2 aliphatic carbocycles. The molecule has 0 aromatic carbocycles. The van der Waals surface area contributed by atoms with Crippen LogP contribution in [0, 0.1) is 24.7 Å². The second kappa shape index (κ2) is 5.00. The third kappa shape index (κ3) is 3.00. The molecule has 0 unspecified atom stereocenters. The molecule has 0 atom stereocenters. The van der Waals surface area contributed by atoms with Crippen molar-refractivity contribution >= 4 is 5.97 Å². The van der Waals surface area contributed by atoms with Gasteiger partial charge in [-0.15, -0.1) is 0 Å². The molecule has 0 bridgehead atoms. The number of carboxylic acid groups (broad SMARTS) is 1. The van der Waals surface area contributed by atoms with Gasteiger partial charge in [-0.05, 0) is 63.0 Å². The minimum absolute atomic E-state index is 0.276. The van der Waals surface area contributed by atoms with Crippen LogP contribution in [0.5, 0.6) is 0 Å². The quantitative estimate of drug-likeness (QED) is 0.794. The molecule has 4 nitrogen and oxygen atoms in total. The fraction of sp³-hybridized carbons (Fsp3) is 0.667. The van der Waals surface area contributed by atoms with Crippen molar-refractivity contribution in [3.8, 4) is 0 Å². The Morgan fingerprint density at radius 2 is 2.05 bits per heavy atom. The third-order valence-electron chi connectivity index (χ3n) is 4.33. The van der Waals surface area contributed by atoms with Crippen molar-refractivity contribution in [1.82, 2.24) is 5.32 Å². The van der Waals surface area contributed by atoms with Gasteiger partial charge in [-0.3, -0.25) is 0 Å². The molecule has 2 fully saturated rings. The lowest BCUT2D eigenvalue weighted by Crippen LogP contribution is -2.25. The lowest BCUT2D eigenvalue weighted by Gasteiger charge is -2.15.